The van der Waals surface area contributed by atoms with Gasteiger partial charge in [0.05, 0.1) is 16.5 Å². The van der Waals surface area contributed by atoms with Crippen LogP contribution in [0.3, 0.4) is 0 Å². The van der Waals surface area contributed by atoms with E-state index in [-0.39, 0.29) is 24.8 Å². The molecule has 0 unspecified atom stereocenters. The third-order valence-electron chi connectivity index (χ3n) is 4.21. The Labute approximate surface area is 174 Å². The number of halogens is 3. The molecule has 0 heterocycles. The number of nitrogens with one attached hydrogen (secondary N) is 1. The maximum absolute atomic E-state index is 13.0. The summed E-state index contributed by atoms with van der Waals surface area (Å²) in [4.78, 5) is 26.9. The van der Waals surface area contributed by atoms with Crippen molar-refractivity contribution in [2.24, 2.45) is 0 Å². The Balaban J connectivity index is 2.31. The lowest BCUT2D eigenvalue weighted by molar-refractivity contribution is -0.140. The van der Waals surface area contributed by atoms with Gasteiger partial charge in [0.2, 0.25) is 11.8 Å². The van der Waals surface area contributed by atoms with Gasteiger partial charge in [-0.05, 0) is 41.8 Å². The van der Waals surface area contributed by atoms with Gasteiger partial charge in [0.15, 0.2) is 0 Å². The normalized spacial score (nSPS) is 11.7. The number of carbonyl (C=O) groups excluding carboxylic acids is 2. The lowest BCUT2D eigenvalue weighted by Crippen LogP contribution is -2.48. The van der Waals surface area contributed by atoms with Crippen molar-refractivity contribution in [1.82, 2.24) is 10.2 Å². The summed E-state index contributed by atoms with van der Waals surface area (Å²) in [5, 5.41) is 4.04. The van der Waals surface area contributed by atoms with Gasteiger partial charge in [-0.3, -0.25) is 9.59 Å². The first-order valence-corrected chi connectivity index (χ1v) is 9.68. The third kappa shape index (κ3) is 5.86. The van der Waals surface area contributed by atoms with Crippen LogP contribution < -0.4 is 5.32 Å². The van der Waals surface area contributed by atoms with E-state index in [2.05, 4.69) is 5.32 Å². The van der Waals surface area contributed by atoms with E-state index >= 15 is 0 Å². The number of rotatable bonds is 7. The SMILES string of the molecule is CC[C@@H](C(=O)NC)N(Cc1ccc(Cl)c(Cl)c1)C(=O)Cc1cccc(Cl)c1. The van der Waals surface area contributed by atoms with Crippen LogP contribution in [0.25, 0.3) is 0 Å². The lowest BCUT2D eigenvalue weighted by atomic mass is 10.1. The van der Waals surface area contributed by atoms with E-state index in [0.29, 0.717) is 21.5 Å². The van der Waals surface area contributed by atoms with Crippen LogP contribution in [-0.2, 0) is 22.6 Å². The summed E-state index contributed by atoms with van der Waals surface area (Å²) in [5.41, 5.74) is 1.59. The maximum Gasteiger partial charge on any atom is 0.242 e. The van der Waals surface area contributed by atoms with Gasteiger partial charge >= 0.3 is 0 Å². The second-order valence-electron chi connectivity index (χ2n) is 6.12. The van der Waals surface area contributed by atoms with E-state index < -0.39 is 6.04 Å². The molecule has 0 aromatic heterocycles. The topological polar surface area (TPSA) is 49.4 Å². The number of carbonyl (C=O) groups is 2. The molecule has 1 N–H and O–H groups in total. The first-order chi connectivity index (χ1) is 12.8. The van der Waals surface area contributed by atoms with Gasteiger partial charge in [-0.2, -0.15) is 0 Å². The van der Waals surface area contributed by atoms with Gasteiger partial charge in [-0.25, -0.2) is 0 Å². The largest absolute Gasteiger partial charge is 0.357 e. The molecule has 2 amide bonds. The molecule has 7 heteroatoms. The minimum Gasteiger partial charge on any atom is -0.357 e. The summed E-state index contributed by atoms with van der Waals surface area (Å²) in [6.45, 7) is 2.12. The van der Waals surface area contributed by atoms with Gasteiger partial charge in [-0.1, -0.05) is 59.9 Å². The van der Waals surface area contributed by atoms with E-state index in [1.165, 1.54) is 0 Å². The number of nitrogens with zero attached hydrogens (tertiary/aromatic N) is 1. The van der Waals surface area contributed by atoms with E-state index in [9.17, 15) is 9.59 Å². The van der Waals surface area contributed by atoms with Crippen LogP contribution in [-0.4, -0.2) is 29.8 Å². The highest BCUT2D eigenvalue weighted by atomic mass is 35.5. The molecule has 1 atom stereocenters. The zero-order valence-electron chi connectivity index (χ0n) is 15.1. The Bertz CT molecular complexity index is 827. The molecule has 0 fully saturated rings. The Morgan fingerprint density at radius 1 is 1.04 bits per heavy atom. The average molecular weight is 428 g/mol. The molecule has 0 saturated carbocycles. The fourth-order valence-electron chi connectivity index (χ4n) is 2.84. The Kier molecular flexibility index (Phi) is 7.96. The summed E-state index contributed by atoms with van der Waals surface area (Å²) >= 11 is 18.1. The highest BCUT2D eigenvalue weighted by molar-refractivity contribution is 6.42. The van der Waals surface area contributed by atoms with Crippen molar-refractivity contribution in [3.8, 4) is 0 Å². The molecule has 2 rings (SSSR count). The smallest absolute Gasteiger partial charge is 0.242 e. The molecule has 0 aliphatic carbocycles. The molecule has 0 aliphatic heterocycles. The second-order valence-corrected chi connectivity index (χ2v) is 7.37. The highest BCUT2D eigenvalue weighted by Gasteiger charge is 2.28. The van der Waals surface area contributed by atoms with Crippen LogP contribution >= 0.6 is 34.8 Å². The van der Waals surface area contributed by atoms with E-state index in [1.54, 1.807) is 48.3 Å². The standard InChI is InChI=1S/C20H21Cl3N2O2/c1-3-18(20(27)24-2)25(12-14-7-8-16(22)17(23)10-14)19(26)11-13-5-4-6-15(21)9-13/h4-10,18H,3,11-12H2,1-2H3,(H,24,27)/t18-/m0/s1. The summed E-state index contributed by atoms with van der Waals surface area (Å²) in [6.07, 6.45) is 0.637. The van der Waals surface area contributed by atoms with Crippen LogP contribution in [0.2, 0.25) is 15.1 Å². The van der Waals surface area contributed by atoms with Gasteiger partial charge in [0, 0.05) is 18.6 Å². The summed E-state index contributed by atoms with van der Waals surface area (Å²) in [7, 11) is 1.56. The first-order valence-electron chi connectivity index (χ1n) is 8.55. The molecule has 27 heavy (non-hydrogen) atoms. The molecule has 0 radical (unpaired) electrons. The van der Waals surface area contributed by atoms with E-state index in [1.807, 2.05) is 13.0 Å². The van der Waals surface area contributed by atoms with Crippen LogP contribution in [0.4, 0.5) is 0 Å². The van der Waals surface area contributed by atoms with E-state index in [0.717, 1.165) is 11.1 Å². The Morgan fingerprint density at radius 2 is 1.78 bits per heavy atom. The second kappa shape index (κ2) is 9.98. The minimum absolute atomic E-state index is 0.148. The van der Waals surface area contributed by atoms with Gasteiger partial charge < -0.3 is 10.2 Å². The van der Waals surface area contributed by atoms with Crippen molar-refractivity contribution in [1.29, 1.82) is 0 Å². The molecular weight excluding hydrogens is 407 g/mol. The summed E-state index contributed by atoms with van der Waals surface area (Å²) in [6, 6.07) is 11.7. The van der Waals surface area contributed by atoms with Crippen molar-refractivity contribution < 1.29 is 9.59 Å². The molecule has 4 nitrogen and oxygen atoms in total. The lowest BCUT2D eigenvalue weighted by Gasteiger charge is -2.30. The predicted octanol–water partition coefficient (Wildman–Crippen LogP) is 4.74. The first kappa shape index (κ1) is 21.5. The van der Waals surface area contributed by atoms with Crippen molar-refractivity contribution in [3.05, 3.63) is 68.7 Å². The fraction of sp³-hybridized carbons (Fsp3) is 0.300. The summed E-state index contributed by atoms with van der Waals surface area (Å²) < 4.78 is 0. The molecular formula is C20H21Cl3N2O2. The van der Waals surface area contributed by atoms with Crippen molar-refractivity contribution in [2.75, 3.05) is 7.05 Å². The molecule has 0 saturated heterocycles. The maximum atomic E-state index is 13.0. The van der Waals surface area contributed by atoms with Gasteiger partial charge in [-0.15, -0.1) is 0 Å². The summed E-state index contributed by atoms with van der Waals surface area (Å²) in [5.74, 6) is -0.379. The third-order valence-corrected chi connectivity index (χ3v) is 5.19. The van der Waals surface area contributed by atoms with Crippen LogP contribution in [0.15, 0.2) is 42.5 Å². The molecule has 144 valence electrons. The van der Waals surface area contributed by atoms with Crippen LogP contribution in [0.5, 0.6) is 0 Å². The molecule has 2 aromatic carbocycles. The molecule has 2 aromatic rings. The predicted molar refractivity (Wildman–Crippen MR) is 110 cm³/mol. The van der Waals surface area contributed by atoms with Crippen molar-refractivity contribution in [2.45, 2.75) is 32.4 Å². The van der Waals surface area contributed by atoms with Gasteiger partial charge in [0.1, 0.15) is 6.04 Å². The quantitative estimate of drug-likeness (QED) is 0.693. The Morgan fingerprint density at radius 3 is 2.37 bits per heavy atom. The Hall–Kier alpha value is -1.75. The number of hydrogen-bond acceptors (Lipinski definition) is 2. The highest BCUT2D eigenvalue weighted by Crippen LogP contribution is 2.24. The zero-order chi connectivity index (χ0) is 20.0. The van der Waals surface area contributed by atoms with Gasteiger partial charge in [0.25, 0.3) is 0 Å². The zero-order valence-corrected chi connectivity index (χ0v) is 17.4. The molecule has 0 spiro atoms. The molecule has 0 aliphatic rings. The molecule has 0 bridgehead atoms. The van der Waals surface area contributed by atoms with Crippen molar-refractivity contribution in [3.63, 3.8) is 0 Å². The number of benzene rings is 2. The van der Waals surface area contributed by atoms with Crippen molar-refractivity contribution >= 4 is 46.6 Å². The monoisotopic (exact) mass is 426 g/mol. The van der Waals surface area contributed by atoms with Crippen LogP contribution in [0.1, 0.15) is 24.5 Å². The number of amides is 2. The fourth-order valence-corrected chi connectivity index (χ4v) is 3.38. The number of likely N-dealkylation sites (N-methyl/N-ethyl adjacent to an activating group) is 1. The minimum atomic E-state index is -0.587. The average Bonchev–Trinajstić information content (AvgIpc) is 2.64. The van der Waals surface area contributed by atoms with E-state index in [4.69, 9.17) is 34.8 Å². The number of hydrogen-bond donors (Lipinski definition) is 1. The van der Waals surface area contributed by atoms with Crippen LogP contribution in [0, 0.1) is 0 Å².